The number of thiophene rings is 1. The van der Waals surface area contributed by atoms with Crippen molar-refractivity contribution in [2.45, 2.75) is 38.8 Å². The zero-order valence-corrected chi connectivity index (χ0v) is 13.1. The first-order valence-electron chi connectivity index (χ1n) is 7.54. The molecule has 0 spiro atoms. The minimum Gasteiger partial charge on any atom is -0.309 e. The van der Waals surface area contributed by atoms with E-state index in [0.717, 1.165) is 12.1 Å². The molecule has 1 aliphatic heterocycles. The van der Waals surface area contributed by atoms with Crippen LogP contribution in [0.3, 0.4) is 0 Å². The Morgan fingerprint density at radius 2 is 2.15 bits per heavy atom. The number of likely N-dealkylation sites (tertiary alicyclic amines) is 1. The fourth-order valence-electron chi connectivity index (χ4n) is 2.88. The van der Waals surface area contributed by atoms with Gasteiger partial charge in [-0.05, 0) is 62.9 Å². The Morgan fingerprint density at radius 3 is 2.95 bits per heavy atom. The number of nitrogens with zero attached hydrogens (tertiary/aromatic N) is 2. The molecule has 108 valence electrons. The topological polar surface area (TPSA) is 28.2 Å². The molecule has 0 bridgehead atoms. The molecule has 3 rings (SSSR count). The summed E-state index contributed by atoms with van der Waals surface area (Å²) >= 11 is 1.77. The lowest BCUT2D eigenvalue weighted by molar-refractivity contribution is 0.247. The molecule has 1 aliphatic rings. The van der Waals surface area contributed by atoms with Crippen molar-refractivity contribution in [3.8, 4) is 0 Å². The second-order valence-corrected chi connectivity index (χ2v) is 6.74. The van der Waals surface area contributed by atoms with Crippen LogP contribution in [0.2, 0.25) is 0 Å². The number of rotatable bonds is 5. The third-order valence-electron chi connectivity index (χ3n) is 4.31. The molecule has 2 aromatic rings. The Balaban J connectivity index is 1.59. The highest BCUT2D eigenvalue weighted by atomic mass is 32.1. The third-order valence-corrected chi connectivity index (χ3v) is 5.16. The lowest BCUT2D eigenvalue weighted by Gasteiger charge is -2.25. The molecule has 3 heterocycles. The van der Waals surface area contributed by atoms with E-state index in [2.05, 4.69) is 46.6 Å². The molecule has 20 heavy (non-hydrogen) atoms. The van der Waals surface area contributed by atoms with Gasteiger partial charge in [0.2, 0.25) is 0 Å². The summed E-state index contributed by atoms with van der Waals surface area (Å²) in [6.45, 7) is 8.13. The molecule has 1 N–H and O–H groups in total. The van der Waals surface area contributed by atoms with Gasteiger partial charge in [-0.1, -0.05) is 0 Å². The largest absolute Gasteiger partial charge is 0.309 e. The van der Waals surface area contributed by atoms with Crippen LogP contribution < -0.4 is 5.32 Å². The van der Waals surface area contributed by atoms with E-state index < -0.39 is 0 Å². The Kier molecular flexibility index (Phi) is 4.34. The van der Waals surface area contributed by atoms with Crippen molar-refractivity contribution in [1.82, 2.24) is 15.2 Å². The number of aromatic nitrogens is 1. The van der Waals surface area contributed by atoms with E-state index >= 15 is 0 Å². The Hall–Kier alpha value is -0.970. The van der Waals surface area contributed by atoms with Crippen molar-refractivity contribution in [2.24, 2.45) is 0 Å². The lowest BCUT2D eigenvalue weighted by atomic mass is 10.1. The SMILES string of the molecule is CC(NCC(C)N1CCCC1)c1cnc2ccsc2c1. The minimum atomic E-state index is 0.360. The minimum absolute atomic E-state index is 0.360. The summed E-state index contributed by atoms with van der Waals surface area (Å²) in [5.74, 6) is 0. The molecule has 2 aromatic heterocycles. The van der Waals surface area contributed by atoms with Crippen LogP contribution in [0.15, 0.2) is 23.7 Å². The molecular weight excluding hydrogens is 266 g/mol. The zero-order valence-electron chi connectivity index (χ0n) is 12.3. The molecule has 0 saturated carbocycles. The fourth-order valence-corrected chi connectivity index (χ4v) is 3.66. The van der Waals surface area contributed by atoms with Crippen LogP contribution in [0, 0.1) is 0 Å². The molecule has 2 unspecified atom stereocenters. The smallest absolute Gasteiger partial charge is 0.0809 e. The predicted octanol–water partition coefficient (Wildman–Crippen LogP) is 3.43. The number of fused-ring (bicyclic) bond motifs is 1. The average molecular weight is 289 g/mol. The van der Waals surface area contributed by atoms with Gasteiger partial charge >= 0.3 is 0 Å². The molecule has 4 heteroatoms. The van der Waals surface area contributed by atoms with Crippen molar-refractivity contribution in [3.63, 3.8) is 0 Å². The van der Waals surface area contributed by atoms with Gasteiger partial charge in [-0.25, -0.2) is 0 Å². The Bertz CT molecular complexity index is 560. The van der Waals surface area contributed by atoms with E-state index in [0.29, 0.717) is 12.1 Å². The van der Waals surface area contributed by atoms with Crippen molar-refractivity contribution >= 4 is 21.6 Å². The Morgan fingerprint density at radius 1 is 1.35 bits per heavy atom. The molecule has 0 amide bonds. The van der Waals surface area contributed by atoms with Gasteiger partial charge in [-0.15, -0.1) is 11.3 Å². The van der Waals surface area contributed by atoms with Crippen LogP contribution in [0.1, 0.15) is 38.3 Å². The molecule has 1 saturated heterocycles. The standard InChI is InChI=1S/C16H23N3S/c1-12(19-6-3-4-7-19)10-17-13(2)14-9-16-15(18-11-14)5-8-20-16/h5,8-9,11-13,17H,3-4,6-7,10H2,1-2H3. The summed E-state index contributed by atoms with van der Waals surface area (Å²) < 4.78 is 1.28. The number of hydrogen-bond acceptors (Lipinski definition) is 4. The molecule has 0 aromatic carbocycles. The van der Waals surface area contributed by atoms with Crippen LogP contribution in [0.25, 0.3) is 10.2 Å². The summed E-state index contributed by atoms with van der Waals surface area (Å²) in [5, 5.41) is 5.76. The summed E-state index contributed by atoms with van der Waals surface area (Å²) in [5.41, 5.74) is 2.39. The Labute approximate surface area is 125 Å². The summed E-state index contributed by atoms with van der Waals surface area (Å²) in [6, 6.07) is 5.33. The van der Waals surface area contributed by atoms with Gasteiger partial charge in [-0.2, -0.15) is 0 Å². The van der Waals surface area contributed by atoms with Crippen molar-refractivity contribution < 1.29 is 0 Å². The molecule has 2 atom stereocenters. The summed E-state index contributed by atoms with van der Waals surface area (Å²) in [7, 11) is 0. The highest BCUT2D eigenvalue weighted by Gasteiger charge is 2.18. The van der Waals surface area contributed by atoms with Crippen molar-refractivity contribution in [1.29, 1.82) is 0 Å². The molecule has 0 radical (unpaired) electrons. The van der Waals surface area contributed by atoms with Gasteiger partial charge in [0.05, 0.1) is 10.2 Å². The second kappa shape index (κ2) is 6.20. The van der Waals surface area contributed by atoms with E-state index in [1.165, 1.54) is 36.2 Å². The highest BCUT2D eigenvalue weighted by molar-refractivity contribution is 7.17. The van der Waals surface area contributed by atoms with Crippen LogP contribution in [-0.2, 0) is 0 Å². The molecule has 0 aliphatic carbocycles. The van der Waals surface area contributed by atoms with Crippen LogP contribution >= 0.6 is 11.3 Å². The molecule has 1 fully saturated rings. The van der Waals surface area contributed by atoms with Crippen LogP contribution in [0.5, 0.6) is 0 Å². The number of nitrogens with one attached hydrogen (secondary N) is 1. The first kappa shape index (κ1) is 14.0. The third kappa shape index (κ3) is 3.03. The quantitative estimate of drug-likeness (QED) is 0.914. The maximum Gasteiger partial charge on any atom is 0.0809 e. The van der Waals surface area contributed by atoms with E-state index in [1.807, 2.05) is 6.20 Å². The van der Waals surface area contributed by atoms with E-state index in [1.54, 1.807) is 11.3 Å². The first-order chi connectivity index (χ1) is 9.74. The zero-order chi connectivity index (χ0) is 13.9. The molecule has 3 nitrogen and oxygen atoms in total. The number of hydrogen-bond donors (Lipinski definition) is 1. The second-order valence-electron chi connectivity index (χ2n) is 5.79. The average Bonchev–Trinajstić information content (AvgIpc) is 3.13. The monoisotopic (exact) mass is 289 g/mol. The first-order valence-corrected chi connectivity index (χ1v) is 8.42. The van der Waals surface area contributed by atoms with Gasteiger partial charge in [-0.3, -0.25) is 9.88 Å². The lowest BCUT2D eigenvalue weighted by Crippen LogP contribution is -2.39. The highest BCUT2D eigenvalue weighted by Crippen LogP contribution is 2.22. The van der Waals surface area contributed by atoms with Gasteiger partial charge in [0.15, 0.2) is 0 Å². The van der Waals surface area contributed by atoms with Crippen LogP contribution in [-0.4, -0.2) is 35.6 Å². The van der Waals surface area contributed by atoms with E-state index in [9.17, 15) is 0 Å². The van der Waals surface area contributed by atoms with Crippen LogP contribution in [0.4, 0.5) is 0 Å². The fraction of sp³-hybridized carbons (Fsp3) is 0.562. The van der Waals surface area contributed by atoms with Crippen molar-refractivity contribution in [2.75, 3.05) is 19.6 Å². The number of pyridine rings is 1. The normalized spacial score (nSPS) is 19.5. The van der Waals surface area contributed by atoms with Gasteiger partial charge < -0.3 is 5.32 Å². The predicted molar refractivity (Wildman–Crippen MR) is 86.3 cm³/mol. The maximum absolute atomic E-state index is 4.53. The summed E-state index contributed by atoms with van der Waals surface area (Å²) in [6.07, 6.45) is 4.73. The summed E-state index contributed by atoms with van der Waals surface area (Å²) in [4.78, 5) is 7.11. The van der Waals surface area contributed by atoms with Crippen molar-refractivity contribution in [3.05, 3.63) is 29.3 Å². The van der Waals surface area contributed by atoms with E-state index in [-0.39, 0.29) is 0 Å². The van der Waals surface area contributed by atoms with Gasteiger partial charge in [0.25, 0.3) is 0 Å². The van der Waals surface area contributed by atoms with E-state index in [4.69, 9.17) is 0 Å². The maximum atomic E-state index is 4.53. The molecular formula is C16H23N3S. The van der Waals surface area contributed by atoms with Gasteiger partial charge in [0, 0.05) is 24.8 Å². The van der Waals surface area contributed by atoms with Gasteiger partial charge in [0.1, 0.15) is 0 Å².